The summed E-state index contributed by atoms with van der Waals surface area (Å²) in [7, 11) is 4.35. The molecule has 1 atom stereocenters. The maximum Gasteiger partial charge on any atom is 0.0413 e. The van der Waals surface area contributed by atoms with Crippen LogP contribution in [0.5, 0.6) is 0 Å². The largest absolute Gasteiger partial charge is 0.370 e. The molecule has 1 fully saturated rings. The SMILES string of the molecule is CCNCc1cc(Cl)ccc1N1CCCC(N(C)C)C1. The van der Waals surface area contributed by atoms with Crippen LogP contribution in [0.1, 0.15) is 25.3 Å². The molecule has 1 aromatic carbocycles. The second-order valence-corrected chi connectivity index (χ2v) is 6.20. The first-order valence-electron chi connectivity index (χ1n) is 7.52. The lowest BCUT2D eigenvalue weighted by molar-refractivity contribution is 0.258. The van der Waals surface area contributed by atoms with Crippen LogP contribution in [0.2, 0.25) is 5.02 Å². The molecule has 1 aliphatic rings. The average molecular weight is 296 g/mol. The van der Waals surface area contributed by atoms with E-state index in [9.17, 15) is 0 Å². The van der Waals surface area contributed by atoms with E-state index in [0.29, 0.717) is 6.04 Å². The Morgan fingerprint density at radius 2 is 2.20 bits per heavy atom. The fourth-order valence-corrected chi connectivity index (χ4v) is 3.05. The minimum atomic E-state index is 0.645. The van der Waals surface area contributed by atoms with Gasteiger partial charge in [0.1, 0.15) is 0 Å². The second-order valence-electron chi connectivity index (χ2n) is 5.76. The Kier molecular flexibility index (Phi) is 5.70. The zero-order chi connectivity index (χ0) is 14.5. The summed E-state index contributed by atoms with van der Waals surface area (Å²) in [6.07, 6.45) is 2.55. The Hall–Kier alpha value is -0.770. The molecular formula is C16H26ClN3. The predicted molar refractivity (Wildman–Crippen MR) is 87.8 cm³/mol. The van der Waals surface area contributed by atoms with Gasteiger partial charge in [-0.05, 0) is 57.2 Å². The van der Waals surface area contributed by atoms with E-state index in [-0.39, 0.29) is 0 Å². The molecule has 1 saturated heterocycles. The van der Waals surface area contributed by atoms with Crippen LogP contribution >= 0.6 is 11.6 Å². The molecule has 0 aliphatic carbocycles. The van der Waals surface area contributed by atoms with Gasteiger partial charge in [0.25, 0.3) is 0 Å². The first kappa shape index (κ1) is 15.6. The van der Waals surface area contributed by atoms with Crippen molar-refractivity contribution in [1.29, 1.82) is 0 Å². The first-order valence-corrected chi connectivity index (χ1v) is 7.90. The molecule has 0 radical (unpaired) electrons. The van der Waals surface area contributed by atoms with Crippen LogP contribution in [-0.2, 0) is 6.54 Å². The molecule has 0 amide bonds. The van der Waals surface area contributed by atoms with Crippen molar-refractivity contribution in [2.24, 2.45) is 0 Å². The molecule has 4 heteroatoms. The number of rotatable bonds is 5. The summed E-state index contributed by atoms with van der Waals surface area (Å²) in [6.45, 7) is 6.24. The van der Waals surface area contributed by atoms with Crippen molar-refractivity contribution in [3.05, 3.63) is 28.8 Å². The highest BCUT2D eigenvalue weighted by Crippen LogP contribution is 2.27. The van der Waals surface area contributed by atoms with Crippen LogP contribution in [0.25, 0.3) is 0 Å². The topological polar surface area (TPSA) is 18.5 Å². The van der Waals surface area contributed by atoms with E-state index < -0.39 is 0 Å². The lowest BCUT2D eigenvalue weighted by atomic mass is 10.0. The Balaban J connectivity index is 2.17. The smallest absolute Gasteiger partial charge is 0.0413 e. The summed E-state index contributed by atoms with van der Waals surface area (Å²) < 4.78 is 0. The summed E-state index contributed by atoms with van der Waals surface area (Å²) in [5, 5.41) is 4.23. The van der Waals surface area contributed by atoms with Gasteiger partial charge in [-0.15, -0.1) is 0 Å². The summed E-state index contributed by atoms with van der Waals surface area (Å²) in [5.74, 6) is 0. The Labute approximate surface area is 127 Å². The van der Waals surface area contributed by atoms with Gasteiger partial charge in [0.05, 0.1) is 0 Å². The number of likely N-dealkylation sites (N-methyl/N-ethyl adjacent to an activating group) is 1. The normalized spacial score (nSPS) is 19.6. The van der Waals surface area contributed by atoms with Crippen molar-refractivity contribution in [2.45, 2.75) is 32.4 Å². The number of halogens is 1. The molecule has 3 nitrogen and oxygen atoms in total. The summed E-state index contributed by atoms with van der Waals surface area (Å²) in [5.41, 5.74) is 2.64. The lowest BCUT2D eigenvalue weighted by Crippen LogP contribution is -2.45. The Morgan fingerprint density at radius 3 is 2.90 bits per heavy atom. The van der Waals surface area contributed by atoms with Gasteiger partial charge >= 0.3 is 0 Å². The molecule has 1 N–H and O–H groups in total. The van der Waals surface area contributed by atoms with E-state index >= 15 is 0 Å². The molecule has 1 unspecified atom stereocenters. The fraction of sp³-hybridized carbons (Fsp3) is 0.625. The molecule has 1 aromatic rings. The van der Waals surface area contributed by atoms with Crippen LogP contribution in [0.4, 0.5) is 5.69 Å². The van der Waals surface area contributed by atoms with Crippen molar-refractivity contribution in [1.82, 2.24) is 10.2 Å². The third-order valence-electron chi connectivity index (χ3n) is 4.07. The maximum atomic E-state index is 6.16. The van der Waals surface area contributed by atoms with E-state index in [4.69, 9.17) is 11.6 Å². The number of anilines is 1. The quantitative estimate of drug-likeness (QED) is 0.901. The standard InChI is InChI=1S/C16H26ClN3/c1-4-18-11-13-10-14(17)7-8-16(13)20-9-5-6-15(12-20)19(2)3/h7-8,10,15,18H,4-6,9,11-12H2,1-3H3. The van der Waals surface area contributed by atoms with Crippen LogP contribution in [0, 0.1) is 0 Å². The molecule has 0 spiro atoms. The monoisotopic (exact) mass is 295 g/mol. The molecule has 0 saturated carbocycles. The van der Waals surface area contributed by atoms with Crippen molar-refractivity contribution in [3.63, 3.8) is 0 Å². The number of nitrogens with one attached hydrogen (secondary N) is 1. The lowest BCUT2D eigenvalue weighted by Gasteiger charge is -2.38. The van der Waals surface area contributed by atoms with E-state index in [1.54, 1.807) is 0 Å². The average Bonchev–Trinajstić information content (AvgIpc) is 2.45. The summed E-state index contributed by atoms with van der Waals surface area (Å²) >= 11 is 6.16. The van der Waals surface area contributed by atoms with Crippen molar-refractivity contribution >= 4 is 17.3 Å². The van der Waals surface area contributed by atoms with Crippen LogP contribution in [0.3, 0.4) is 0 Å². The van der Waals surface area contributed by atoms with Gasteiger partial charge in [-0.25, -0.2) is 0 Å². The Morgan fingerprint density at radius 1 is 1.40 bits per heavy atom. The van der Waals surface area contributed by atoms with E-state index in [1.807, 2.05) is 6.07 Å². The molecule has 1 heterocycles. The molecular weight excluding hydrogens is 270 g/mol. The zero-order valence-corrected chi connectivity index (χ0v) is 13.6. The second kappa shape index (κ2) is 7.30. The van der Waals surface area contributed by atoms with Gasteiger partial charge in [0, 0.05) is 36.4 Å². The first-order chi connectivity index (χ1) is 9.61. The highest BCUT2D eigenvalue weighted by Gasteiger charge is 2.22. The van der Waals surface area contributed by atoms with Gasteiger partial charge < -0.3 is 15.1 Å². The maximum absolute atomic E-state index is 6.16. The minimum absolute atomic E-state index is 0.645. The highest BCUT2D eigenvalue weighted by atomic mass is 35.5. The van der Waals surface area contributed by atoms with Crippen LogP contribution < -0.4 is 10.2 Å². The molecule has 0 aromatic heterocycles. The number of nitrogens with zero attached hydrogens (tertiary/aromatic N) is 2. The van der Waals surface area contributed by atoms with E-state index in [2.05, 4.69) is 48.3 Å². The molecule has 1 aliphatic heterocycles. The van der Waals surface area contributed by atoms with Crippen LogP contribution in [0.15, 0.2) is 18.2 Å². The third-order valence-corrected chi connectivity index (χ3v) is 4.31. The number of hydrogen-bond acceptors (Lipinski definition) is 3. The highest BCUT2D eigenvalue weighted by molar-refractivity contribution is 6.30. The van der Waals surface area contributed by atoms with E-state index in [0.717, 1.165) is 31.2 Å². The minimum Gasteiger partial charge on any atom is -0.370 e. The van der Waals surface area contributed by atoms with Crippen LogP contribution in [-0.4, -0.2) is 44.7 Å². The van der Waals surface area contributed by atoms with Crippen molar-refractivity contribution < 1.29 is 0 Å². The fourth-order valence-electron chi connectivity index (χ4n) is 2.86. The molecule has 2 rings (SSSR count). The molecule has 0 bridgehead atoms. The third kappa shape index (κ3) is 3.87. The molecule has 20 heavy (non-hydrogen) atoms. The number of benzene rings is 1. The Bertz CT molecular complexity index is 434. The number of piperidine rings is 1. The van der Waals surface area contributed by atoms with Gasteiger partial charge in [0.15, 0.2) is 0 Å². The summed E-state index contributed by atoms with van der Waals surface area (Å²) in [4.78, 5) is 4.85. The van der Waals surface area contributed by atoms with Gasteiger partial charge in [0.2, 0.25) is 0 Å². The van der Waals surface area contributed by atoms with E-state index in [1.165, 1.54) is 24.1 Å². The van der Waals surface area contributed by atoms with Gasteiger partial charge in [-0.1, -0.05) is 18.5 Å². The van der Waals surface area contributed by atoms with Gasteiger partial charge in [-0.2, -0.15) is 0 Å². The zero-order valence-electron chi connectivity index (χ0n) is 12.8. The van der Waals surface area contributed by atoms with Crippen molar-refractivity contribution in [3.8, 4) is 0 Å². The number of hydrogen-bond donors (Lipinski definition) is 1. The van der Waals surface area contributed by atoms with Gasteiger partial charge in [-0.3, -0.25) is 0 Å². The van der Waals surface area contributed by atoms with Crippen molar-refractivity contribution in [2.75, 3.05) is 38.6 Å². The summed E-state index contributed by atoms with van der Waals surface area (Å²) in [6, 6.07) is 6.92. The molecule has 112 valence electrons. The predicted octanol–water partition coefficient (Wildman–Crippen LogP) is 2.98.